The minimum absolute atomic E-state index is 0.106. The zero-order chi connectivity index (χ0) is 11.9. The lowest BCUT2D eigenvalue weighted by Crippen LogP contribution is -2.42. The summed E-state index contributed by atoms with van der Waals surface area (Å²) in [5, 5.41) is 0. The van der Waals surface area contributed by atoms with Crippen LogP contribution in [0, 0.1) is 23.3 Å². The third kappa shape index (κ3) is 1.42. The maximum atomic E-state index is 13.5. The molecule has 0 aliphatic heterocycles. The van der Waals surface area contributed by atoms with E-state index < -0.39 is 28.7 Å². The number of rotatable bonds is 2. The first-order valence-corrected chi connectivity index (χ1v) is 5.05. The number of hydrogen-bond acceptors (Lipinski definition) is 1. The van der Waals surface area contributed by atoms with Gasteiger partial charge in [0, 0.05) is 17.5 Å². The third-order valence-corrected chi connectivity index (χ3v) is 3.38. The van der Waals surface area contributed by atoms with Gasteiger partial charge in [-0.2, -0.15) is 0 Å². The van der Waals surface area contributed by atoms with Gasteiger partial charge in [-0.3, -0.25) is 0 Å². The molecule has 0 saturated heterocycles. The van der Waals surface area contributed by atoms with Crippen LogP contribution in [0.1, 0.15) is 24.8 Å². The zero-order valence-corrected chi connectivity index (χ0v) is 8.49. The van der Waals surface area contributed by atoms with E-state index in [1.54, 1.807) is 0 Å². The maximum Gasteiger partial charge on any atom is 0.197 e. The van der Waals surface area contributed by atoms with Crippen molar-refractivity contribution in [3.05, 3.63) is 34.9 Å². The van der Waals surface area contributed by atoms with Gasteiger partial charge in [0.1, 0.15) is 0 Å². The van der Waals surface area contributed by atoms with Gasteiger partial charge in [-0.1, -0.05) is 6.42 Å². The van der Waals surface area contributed by atoms with Crippen LogP contribution in [0.4, 0.5) is 17.6 Å². The highest BCUT2D eigenvalue weighted by Crippen LogP contribution is 2.44. The first-order valence-electron chi connectivity index (χ1n) is 5.05. The minimum atomic E-state index is -1.77. The van der Waals surface area contributed by atoms with Gasteiger partial charge >= 0.3 is 0 Å². The minimum Gasteiger partial charge on any atom is -0.330 e. The number of benzene rings is 1. The molecule has 1 aliphatic carbocycles. The molecule has 1 aliphatic rings. The van der Waals surface area contributed by atoms with Gasteiger partial charge in [0.05, 0.1) is 0 Å². The van der Waals surface area contributed by atoms with E-state index >= 15 is 0 Å². The zero-order valence-electron chi connectivity index (χ0n) is 8.49. The molecule has 1 aromatic rings. The van der Waals surface area contributed by atoms with Crippen LogP contribution in [0.15, 0.2) is 6.07 Å². The molecule has 0 aromatic heterocycles. The van der Waals surface area contributed by atoms with E-state index in [4.69, 9.17) is 5.73 Å². The number of halogens is 4. The summed E-state index contributed by atoms with van der Waals surface area (Å²) in [6, 6.07) is 0.722. The van der Waals surface area contributed by atoms with Gasteiger partial charge in [0.15, 0.2) is 23.3 Å². The Balaban J connectivity index is 2.57. The smallest absolute Gasteiger partial charge is 0.197 e. The van der Waals surface area contributed by atoms with Gasteiger partial charge < -0.3 is 5.73 Å². The van der Waals surface area contributed by atoms with E-state index in [9.17, 15) is 17.6 Å². The molecule has 0 radical (unpaired) electrons. The fourth-order valence-corrected chi connectivity index (χ4v) is 2.15. The van der Waals surface area contributed by atoms with Crippen LogP contribution >= 0.6 is 0 Å². The van der Waals surface area contributed by atoms with Crippen LogP contribution in [0.3, 0.4) is 0 Å². The van der Waals surface area contributed by atoms with E-state index in [-0.39, 0.29) is 12.1 Å². The predicted molar refractivity (Wildman–Crippen MR) is 50.9 cm³/mol. The molecule has 16 heavy (non-hydrogen) atoms. The van der Waals surface area contributed by atoms with Crippen molar-refractivity contribution in [2.45, 2.75) is 24.7 Å². The van der Waals surface area contributed by atoms with Crippen LogP contribution < -0.4 is 5.73 Å². The molecule has 1 saturated carbocycles. The summed E-state index contributed by atoms with van der Waals surface area (Å²) >= 11 is 0. The molecule has 5 heteroatoms. The molecular weight excluding hydrogens is 222 g/mol. The van der Waals surface area contributed by atoms with Gasteiger partial charge in [-0.15, -0.1) is 0 Å². The average molecular weight is 233 g/mol. The quantitative estimate of drug-likeness (QED) is 0.474. The Hall–Kier alpha value is -1.10. The van der Waals surface area contributed by atoms with Gasteiger partial charge in [-0.25, -0.2) is 17.6 Å². The van der Waals surface area contributed by atoms with Crippen molar-refractivity contribution in [1.82, 2.24) is 0 Å². The third-order valence-electron chi connectivity index (χ3n) is 3.38. The summed E-state index contributed by atoms with van der Waals surface area (Å²) in [6.45, 7) is 0.106. The summed E-state index contributed by atoms with van der Waals surface area (Å²) in [5.74, 6) is -6.21. The fourth-order valence-electron chi connectivity index (χ4n) is 2.15. The normalized spacial score (nSPS) is 18.3. The first-order chi connectivity index (χ1) is 7.52. The van der Waals surface area contributed by atoms with Crippen LogP contribution in [0.2, 0.25) is 0 Å². The van der Waals surface area contributed by atoms with Gasteiger partial charge in [0.25, 0.3) is 0 Å². The average Bonchev–Trinajstić information content (AvgIpc) is 2.21. The standard InChI is InChI=1S/C11H11F4N/c12-7-4-6(8(13)10(15)9(7)14)11(5-16)2-1-3-11/h4H,1-3,5,16H2. The highest BCUT2D eigenvalue weighted by molar-refractivity contribution is 5.32. The summed E-state index contributed by atoms with van der Waals surface area (Å²) in [5.41, 5.74) is 4.64. The number of nitrogens with two attached hydrogens (primary N) is 1. The Morgan fingerprint density at radius 1 is 1.06 bits per heavy atom. The molecule has 0 bridgehead atoms. The van der Waals surface area contributed by atoms with E-state index in [0.29, 0.717) is 12.8 Å². The first kappa shape index (κ1) is 11.4. The molecule has 2 N–H and O–H groups in total. The van der Waals surface area contributed by atoms with Crippen molar-refractivity contribution in [2.24, 2.45) is 5.73 Å². The Bertz CT molecular complexity index is 421. The molecule has 0 heterocycles. The van der Waals surface area contributed by atoms with Crippen LogP contribution in [-0.4, -0.2) is 6.54 Å². The second-order valence-corrected chi connectivity index (χ2v) is 4.19. The highest BCUT2D eigenvalue weighted by Gasteiger charge is 2.41. The Morgan fingerprint density at radius 2 is 1.69 bits per heavy atom. The van der Waals surface area contributed by atoms with Crippen molar-refractivity contribution in [3.63, 3.8) is 0 Å². The van der Waals surface area contributed by atoms with E-state index in [2.05, 4.69) is 0 Å². The monoisotopic (exact) mass is 233 g/mol. The lowest BCUT2D eigenvalue weighted by atomic mass is 9.64. The molecular formula is C11H11F4N. The van der Waals surface area contributed by atoms with E-state index in [0.717, 1.165) is 12.5 Å². The molecule has 1 aromatic carbocycles. The molecule has 0 atom stereocenters. The molecule has 1 fully saturated rings. The fraction of sp³-hybridized carbons (Fsp3) is 0.455. The SMILES string of the molecule is NCC1(c2cc(F)c(F)c(F)c2F)CCC1. The Morgan fingerprint density at radius 3 is 2.12 bits per heavy atom. The van der Waals surface area contributed by atoms with Crippen molar-refractivity contribution in [2.75, 3.05) is 6.54 Å². The molecule has 0 spiro atoms. The number of hydrogen-bond donors (Lipinski definition) is 1. The summed E-state index contributed by atoms with van der Waals surface area (Å²) in [6.07, 6.45) is 1.98. The van der Waals surface area contributed by atoms with Crippen molar-refractivity contribution >= 4 is 0 Å². The van der Waals surface area contributed by atoms with Crippen LogP contribution in [0.5, 0.6) is 0 Å². The van der Waals surface area contributed by atoms with E-state index in [1.807, 2.05) is 0 Å². The predicted octanol–water partition coefficient (Wildman–Crippen LogP) is 2.62. The molecule has 0 unspecified atom stereocenters. The van der Waals surface area contributed by atoms with Crippen LogP contribution in [-0.2, 0) is 5.41 Å². The second kappa shape index (κ2) is 3.73. The van der Waals surface area contributed by atoms with Gasteiger partial charge in [-0.05, 0) is 18.9 Å². The molecule has 2 rings (SSSR count). The maximum absolute atomic E-state index is 13.5. The largest absolute Gasteiger partial charge is 0.330 e. The molecule has 1 nitrogen and oxygen atoms in total. The van der Waals surface area contributed by atoms with Gasteiger partial charge in [0.2, 0.25) is 0 Å². The molecule has 0 amide bonds. The Labute approximate surface area is 90.3 Å². The molecule has 88 valence electrons. The topological polar surface area (TPSA) is 26.0 Å². The lowest BCUT2D eigenvalue weighted by molar-refractivity contribution is 0.238. The van der Waals surface area contributed by atoms with Crippen LogP contribution in [0.25, 0.3) is 0 Å². The summed E-state index contributed by atoms with van der Waals surface area (Å²) in [7, 11) is 0. The summed E-state index contributed by atoms with van der Waals surface area (Å²) < 4.78 is 52.3. The lowest BCUT2D eigenvalue weighted by Gasteiger charge is -2.41. The van der Waals surface area contributed by atoms with Crippen molar-refractivity contribution in [3.8, 4) is 0 Å². The second-order valence-electron chi connectivity index (χ2n) is 4.19. The van der Waals surface area contributed by atoms with Crippen molar-refractivity contribution in [1.29, 1.82) is 0 Å². The summed E-state index contributed by atoms with van der Waals surface area (Å²) in [4.78, 5) is 0. The Kier molecular flexibility index (Phi) is 2.66. The van der Waals surface area contributed by atoms with Crippen molar-refractivity contribution < 1.29 is 17.6 Å². The highest BCUT2D eigenvalue weighted by atomic mass is 19.2. The van der Waals surface area contributed by atoms with E-state index in [1.165, 1.54) is 0 Å².